The zero-order chi connectivity index (χ0) is 43.1. The fourth-order valence-electron chi connectivity index (χ4n) is 8.09. The van der Waals surface area contributed by atoms with Crippen molar-refractivity contribution < 1.29 is 24.2 Å². The molecule has 1 aliphatic heterocycles. The number of amides is 2. The number of nitrogen functional groups attached to an aromatic ring is 1. The van der Waals surface area contributed by atoms with Crippen LogP contribution < -0.4 is 16.4 Å². The number of carbonyl (C=O) groups excluding carboxylic acids is 2. The van der Waals surface area contributed by atoms with Crippen molar-refractivity contribution in [3.63, 3.8) is 0 Å². The fourth-order valence-corrected chi connectivity index (χ4v) is 8.09. The molecule has 0 spiro atoms. The number of carbonyl (C=O) groups is 2. The average molecular weight is 833 g/mol. The Bertz CT molecular complexity index is 1870. The highest BCUT2D eigenvalue weighted by atomic mass is 16.7. The van der Waals surface area contributed by atoms with Crippen molar-refractivity contribution in [2.75, 3.05) is 30.7 Å². The van der Waals surface area contributed by atoms with Gasteiger partial charge in [-0.3, -0.25) is 9.59 Å². The number of nitrogens with two attached hydrogens (primary N) is 1. The first-order valence-electron chi connectivity index (χ1n) is 23.2. The van der Waals surface area contributed by atoms with Gasteiger partial charge < -0.3 is 35.8 Å². The maximum absolute atomic E-state index is 12.7. The number of hydrogen-bond donors (Lipinski definition) is 4. The van der Waals surface area contributed by atoms with Gasteiger partial charge in [0.15, 0.2) is 6.29 Å². The van der Waals surface area contributed by atoms with Gasteiger partial charge in [-0.15, -0.1) is 0 Å². The standard InChI is InChI=1S/C52H72N4O5/c1-3-5-7-9-11-15-32-56(33-16-12-10-8-6-4-2)38-46-36-49(42-30-28-40(39-57)29-31-42)61-52(60-46)45-23-18-22-44(35-45)43-21-17-20-41(34-43)37-54-50(58)26-19-27-51(59)55-48-25-14-13-24-47(48)53/h13-14,17-18,20-25,28-31,34-35,46,49,52,57H,3-12,15-16,19,26-27,32-33,36-39,53H2,1-2H3,(H,54,58)(H,55,59). The minimum Gasteiger partial charge on any atom is -0.397 e. The van der Waals surface area contributed by atoms with E-state index >= 15 is 0 Å². The van der Waals surface area contributed by atoms with E-state index in [0.29, 0.717) is 24.3 Å². The van der Waals surface area contributed by atoms with Gasteiger partial charge in [0.05, 0.1) is 30.2 Å². The topological polar surface area (TPSA) is 126 Å². The maximum atomic E-state index is 12.7. The summed E-state index contributed by atoms with van der Waals surface area (Å²) in [4.78, 5) is 27.8. The van der Waals surface area contributed by atoms with Crippen LogP contribution in [0.4, 0.5) is 11.4 Å². The Morgan fingerprint density at radius 2 is 1.31 bits per heavy atom. The van der Waals surface area contributed by atoms with Crippen LogP contribution in [0.25, 0.3) is 11.1 Å². The smallest absolute Gasteiger partial charge is 0.224 e. The van der Waals surface area contributed by atoms with Crippen molar-refractivity contribution in [1.29, 1.82) is 0 Å². The second-order valence-corrected chi connectivity index (χ2v) is 16.8. The molecular formula is C52H72N4O5. The van der Waals surface area contributed by atoms with Crippen LogP contribution in [0.15, 0.2) is 97.1 Å². The molecule has 2 amide bonds. The third-order valence-corrected chi connectivity index (χ3v) is 11.7. The molecule has 330 valence electrons. The quantitative estimate of drug-likeness (QED) is 0.0348. The van der Waals surface area contributed by atoms with Crippen LogP contribution >= 0.6 is 0 Å². The summed E-state index contributed by atoms with van der Waals surface area (Å²) < 4.78 is 13.7. The summed E-state index contributed by atoms with van der Waals surface area (Å²) in [5, 5.41) is 15.6. The van der Waals surface area contributed by atoms with Crippen LogP contribution in [-0.2, 0) is 32.2 Å². The minimum absolute atomic E-state index is 0.00547. The second kappa shape index (κ2) is 26.7. The number of nitrogens with zero attached hydrogens (tertiary/aromatic N) is 1. The molecule has 4 aromatic rings. The zero-order valence-electron chi connectivity index (χ0n) is 36.9. The lowest BCUT2D eigenvalue weighted by Crippen LogP contribution is -2.40. The predicted molar refractivity (Wildman–Crippen MR) is 249 cm³/mol. The molecule has 61 heavy (non-hydrogen) atoms. The SMILES string of the molecule is CCCCCCCCN(CCCCCCCC)CC1CC(c2ccc(CO)cc2)OC(c2cccc(-c3cccc(CNC(=O)CCCC(=O)Nc4ccccc4N)c3)c2)O1. The molecule has 0 aromatic heterocycles. The number of para-hydroxylation sites is 2. The summed E-state index contributed by atoms with van der Waals surface area (Å²) in [6.07, 6.45) is 16.4. The fraction of sp³-hybridized carbons (Fsp3) is 0.500. The molecule has 0 aliphatic carbocycles. The van der Waals surface area contributed by atoms with Crippen molar-refractivity contribution >= 4 is 23.2 Å². The molecule has 0 radical (unpaired) electrons. The lowest BCUT2D eigenvalue weighted by atomic mass is 9.98. The molecule has 9 nitrogen and oxygen atoms in total. The molecule has 0 bridgehead atoms. The first-order chi connectivity index (χ1) is 29.8. The molecule has 4 aromatic carbocycles. The van der Waals surface area contributed by atoms with E-state index in [-0.39, 0.29) is 43.5 Å². The van der Waals surface area contributed by atoms with Crippen molar-refractivity contribution in [1.82, 2.24) is 10.2 Å². The summed E-state index contributed by atoms with van der Waals surface area (Å²) in [6, 6.07) is 31.9. The van der Waals surface area contributed by atoms with Gasteiger partial charge in [0.1, 0.15) is 0 Å². The molecule has 5 rings (SSSR count). The Labute approximate surface area is 365 Å². The number of aliphatic hydroxyl groups is 1. The first kappa shape index (κ1) is 47.5. The summed E-state index contributed by atoms with van der Waals surface area (Å²) in [7, 11) is 0. The summed E-state index contributed by atoms with van der Waals surface area (Å²) in [6.45, 7) is 8.01. The highest BCUT2D eigenvalue weighted by Gasteiger charge is 2.33. The van der Waals surface area contributed by atoms with Crippen LogP contribution in [0.1, 0.15) is 151 Å². The van der Waals surface area contributed by atoms with Gasteiger partial charge in [0.25, 0.3) is 0 Å². The number of ether oxygens (including phenoxy) is 2. The number of unbranched alkanes of at least 4 members (excludes halogenated alkanes) is 10. The molecule has 0 saturated carbocycles. The maximum Gasteiger partial charge on any atom is 0.224 e. The van der Waals surface area contributed by atoms with E-state index in [0.717, 1.165) is 59.4 Å². The number of benzene rings is 4. The van der Waals surface area contributed by atoms with Gasteiger partial charge in [-0.25, -0.2) is 0 Å². The monoisotopic (exact) mass is 833 g/mol. The average Bonchev–Trinajstić information content (AvgIpc) is 3.28. The molecule has 9 heteroatoms. The minimum atomic E-state index is -0.541. The number of anilines is 2. The van der Waals surface area contributed by atoms with E-state index in [1.165, 1.54) is 77.0 Å². The Morgan fingerprint density at radius 1 is 0.672 bits per heavy atom. The number of aliphatic hydroxyl groups excluding tert-OH is 1. The molecule has 3 unspecified atom stereocenters. The van der Waals surface area contributed by atoms with Crippen LogP contribution in [0.5, 0.6) is 0 Å². The molecule has 3 atom stereocenters. The van der Waals surface area contributed by atoms with Gasteiger partial charge in [-0.1, -0.05) is 151 Å². The first-order valence-corrected chi connectivity index (χ1v) is 23.2. The summed E-state index contributed by atoms with van der Waals surface area (Å²) >= 11 is 0. The van der Waals surface area contributed by atoms with Gasteiger partial charge in [-0.05, 0) is 84.4 Å². The highest BCUT2D eigenvalue weighted by Crippen LogP contribution is 2.39. The highest BCUT2D eigenvalue weighted by molar-refractivity contribution is 5.94. The normalized spacial score (nSPS) is 16.4. The number of nitrogens with one attached hydrogen (secondary N) is 2. The molecule has 1 aliphatic rings. The van der Waals surface area contributed by atoms with Crippen molar-refractivity contribution in [3.05, 3.63) is 119 Å². The van der Waals surface area contributed by atoms with E-state index in [2.05, 4.69) is 77.9 Å². The van der Waals surface area contributed by atoms with E-state index in [1.54, 1.807) is 12.1 Å². The second-order valence-electron chi connectivity index (χ2n) is 16.8. The number of hydrogen-bond acceptors (Lipinski definition) is 7. The Kier molecular flexibility index (Phi) is 20.8. The predicted octanol–water partition coefficient (Wildman–Crippen LogP) is 11.4. The zero-order valence-corrected chi connectivity index (χ0v) is 36.9. The molecule has 1 saturated heterocycles. The van der Waals surface area contributed by atoms with E-state index in [9.17, 15) is 14.7 Å². The molecular weight excluding hydrogens is 761 g/mol. The largest absolute Gasteiger partial charge is 0.397 e. The Morgan fingerprint density at radius 3 is 2.00 bits per heavy atom. The van der Waals surface area contributed by atoms with E-state index < -0.39 is 6.29 Å². The van der Waals surface area contributed by atoms with E-state index in [1.807, 2.05) is 36.4 Å². The van der Waals surface area contributed by atoms with Gasteiger partial charge >= 0.3 is 0 Å². The van der Waals surface area contributed by atoms with Crippen LogP contribution in [0.3, 0.4) is 0 Å². The molecule has 1 fully saturated rings. The van der Waals surface area contributed by atoms with Gasteiger partial charge in [0.2, 0.25) is 11.8 Å². The summed E-state index contributed by atoms with van der Waals surface area (Å²) in [5.41, 5.74) is 13.0. The van der Waals surface area contributed by atoms with Gasteiger partial charge in [-0.2, -0.15) is 0 Å². The van der Waals surface area contributed by atoms with Crippen LogP contribution in [0, 0.1) is 0 Å². The lowest BCUT2D eigenvalue weighted by Gasteiger charge is -2.38. The Hall–Kier alpha value is -4.54. The molecule has 5 N–H and O–H groups in total. The van der Waals surface area contributed by atoms with Crippen molar-refractivity contribution in [2.24, 2.45) is 0 Å². The lowest BCUT2D eigenvalue weighted by molar-refractivity contribution is -0.253. The van der Waals surface area contributed by atoms with Crippen LogP contribution in [0.2, 0.25) is 0 Å². The third kappa shape index (κ3) is 16.7. The summed E-state index contributed by atoms with van der Waals surface area (Å²) in [5.74, 6) is -0.264. The molecule has 1 heterocycles. The van der Waals surface area contributed by atoms with E-state index in [4.69, 9.17) is 15.2 Å². The van der Waals surface area contributed by atoms with Gasteiger partial charge in [0, 0.05) is 37.9 Å². The van der Waals surface area contributed by atoms with Crippen molar-refractivity contribution in [2.45, 2.75) is 148 Å². The Balaban J connectivity index is 1.22. The van der Waals surface area contributed by atoms with Crippen LogP contribution in [-0.4, -0.2) is 47.6 Å². The number of rotatable bonds is 27. The van der Waals surface area contributed by atoms with Crippen molar-refractivity contribution in [3.8, 4) is 11.1 Å². The third-order valence-electron chi connectivity index (χ3n) is 11.7.